The number of nitrogens with one attached hydrogen (secondary N) is 1. The monoisotopic (exact) mass is 308 g/mol. The Labute approximate surface area is 125 Å². The van der Waals surface area contributed by atoms with Crippen molar-refractivity contribution < 1.29 is 13.6 Å². The first-order valence-corrected chi connectivity index (χ1v) is 7.06. The Morgan fingerprint density at radius 3 is 2.43 bits per heavy atom. The molecule has 2 rings (SSSR count). The van der Waals surface area contributed by atoms with Crippen molar-refractivity contribution in [2.75, 3.05) is 11.1 Å². The third kappa shape index (κ3) is 4.19. The fourth-order valence-corrected chi connectivity index (χ4v) is 2.24. The number of carbonyl (C=O) groups excluding carboxylic acids is 1. The van der Waals surface area contributed by atoms with E-state index < -0.39 is 5.76 Å². The number of nitrogen functional groups attached to an aromatic ring is 1. The van der Waals surface area contributed by atoms with E-state index in [0.717, 1.165) is 5.56 Å². The lowest BCUT2D eigenvalue weighted by Crippen LogP contribution is -2.12. The first kappa shape index (κ1) is 15.3. The van der Waals surface area contributed by atoms with Crippen molar-refractivity contribution in [3.05, 3.63) is 53.6 Å². The van der Waals surface area contributed by atoms with Crippen LogP contribution in [0.3, 0.4) is 0 Å². The van der Waals surface area contributed by atoms with E-state index in [1.165, 1.54) is 0 Å². The van der Waals surface area contributed by atoms with Crippen LogP contribution in [0, 0.1) is 6.92 Å². The van der Waals surface area contributed by atoms with E-state index in [0.29, 0.717) is 33.6 Å². The zero-order chi connectivity index (χ0) is 15.4. The molecule has 0 bridgehead atoms. The van der Waals surface area contributed by atoms with Gasteiger partial charge in [-0.25, -0.2) is 0 Å². The number of rotatable bonds is 4. The maximum Gasteiger partial charge on any atom is 0.288 e. The molecule has 0 atom stereocenters. The van der Waals surface area contributed by atoms with Crippen molar-refractivity contribution in [1.82, 2.24) is 0 Å². The molecule has 0 unspecified atom stereocenters. The Bertz CT molecular complexity index is 645. The van der Waals surface area contributed by atoms with Crippen LogP contribution < -0.4 is 11.1 Å². The molecular formula is C15H14F2N2OS. The van der Waals surface area contributed by atoms with Crippen LogP contribution in [0.1, 0.15) is 15.9 Å². The molecule has 0 heterocycles. The SMILES string of the molecule is Cc1cc(C(=O)Nc2ccc(SC(F)F)cc2)ccc1N. The van der Waals surface area contributed by atoms with Crippen molar-refractivity contribution >= 4 is 29.0 Å². The Hall–Kier alpha value is -2.08. The first-order chi connectivity index (χ1) is 9.95. The topological polar surface area (TPSA) is 55.1 Å². The second-order valence-electron chi connectivity index (χ2n) is 4.43. The average Bonchev–Trinajstić information content (AvgIpc) is 2.43. The van der Waals surface area contributed by atoms with Gasteiger partial charge in [-0.05, 0) is 55.0 Å². The van der Waals surface area contributed by atoms with E-state index >= 15 is 0 Å². The van der Waals surface area contributed by atoms with Gasteiger partial charge in [0.05, 0.1) is 0 Å². The Morgan fingerprint density at radius 2 is 1.86 bits per heavy atom. The molecule has 2 aromatic carbocycles. The fraction of sp³-hybridized carbons (Fsp3) is 0.133. The second kappa shape index (κ2) is 6.58. The lowest BCUT2D eigenvalue weighted by atomic mass is 10.1. The summed E-state index contributed by atoms with van der Waals surface area (Å²) in [6, 6.07) is 11.3. The van der Waals surface area contributed by atoms with Gasteiger partial charge < -0.3 is 11.1 Å². The van der Waals surface area contributed by atoms with Gasteiger partial charge in [-0.3, -0.25) is 4.79 Å². The number of nitrogens with two attached hydrogens (primary N) is 1. The number of alkyl halides is 2. The highest BCUT2D eigenvalue weighted by Crippen LogP contribution is 2.26. The summed E-state index contributed by atoms with van der Waals surface area (Å²) >= 11 is 0.466. The van der Waals surface area contributed by atoms with E-state index in [1.54, 1.807) is 42.5 Å². The molecule has 0 aromatic heterocycles. The summed E-state index contributed by atoms with van der Waals surface area (Å²) in [5, 5.41) is 2.71. The minimum absolute atomic E-state index is 0.271. The minimum Gasteiger partial charge on any atom is -0.399 e. The van der Waals surface area contributed by atoms with Gasteiger partial charge >= 0.3 is 0 Å². The van der Waals surface area contributed by atoms with Gasteiger partial charge in [0.1, 0.15) is 0 Å². The summed E-state index contributed by atoms with van der Waals surface area (Å²) in [7, 11) is 0. The standard InChI is InChI=1S/C15H14F2N2OS/c1-9-8-10(2-7-13(9)18)14(20)19-11-3-5-12(6-4-11)21-15(16)17/h2-8,15H,18H2,1H3,(H,19,20). The number of aryl methyl sites for hydroxylation is 1. The zero-order valence-electron chi connectivity index (χ0n) is 11.3. The van der Waals surface area contributed by atoms with E-state index in [-0.39, 0.29) is 5.91 Å². The molecule has 0 saturated heterocycles. The molecule has 3 N–H and O–H groups in total. The smallest absolute Gasteiger partial charge is 0.288 e. The van der Waals surface area contributed by atoms with Crippen molar-refractivity contribution in [2.24, 2.45) is 0 Å². The summed E-state index contributed by atoms with van der Waals surface area (Å²) < 4.78 is 24.4. The molecular weight excluding hydrogens is 294 g/mol. The third-order valence-electron chi connectivity index (χ3n) is 2.87. The van der Waals surface area contributed by atoms with Crippen LogP contribution in [0.4, 0.5) is 20.2 Å². The van der Waals surface area contributed by atoms with E-state index in [9.17, 15) is 13.6 Å². The Morgan fingerprint density at radius 1 is 1.19 bits per heavy atom. The molecule has 2 aromatic rings. The van der Waals surface area contributed by atoms with Crippen LogP contribution in [0.25, 0.3) is 0 Å². The summed E-state index contributed by atoms with van der Waals surface area (Å²) in [6.07, 6.45) is 0. The van der Waals surface area contributed by atoms with Gasteiger partial charge in [0.2, 0.25) is 0 Å². The predicted octanol–water partition coefficient (Wildman–Crippen LogP) is 4.14. The molecule has 3 nitrogen and oxygen atoms in total. The molecule has 0 aliphatic rings. The van der Waals surface area contributed by atoms with Crippen LogP contribution in [-0.4, -0.2) is 11.7 Å². The van der Waals surface area contributed by atoms with Gasteiger partial charge in [0.25, 0.3) is 11.7 Å². The Balaban J connectivity index is 2.06. The molecule has 1 amide bonds. The lowest BCUT2D eigenvalue weighted by Gasteiger charge is -2.08. The minimum atomic E-state index is -2.46. The normalized spacial score (nSPS) is 10.7. The van der Waals surface area contributed by atoms with Gasteiger partial charge in [0, 0.05) is 21.8 Å². The van der Waals surface area contributed by atoms with Gasteiger partial charge in [0.15, 0.2) is 0 Å². The summed E-state index contributed by atoms with van der Waals surface area (Å²) in [4.78, 5) is 12.5. The second-order valence-corrected chi connectivity index (χ2v) is 5.49. The quantitative estimate of drug-likeness (QED) is 0.659. The molecule has 21 heavy (non-hydrogen) atoms. The largest absolute Gasteiger partial charge is 0.399 e. The first-order valence-electron chi connectivity index (χ1n) is 6.18. The van der Waals surface area contributed by atoms with Crippen LogP contribution in [-0.2, 0) is 0 Å². The van der Waals surface area contributed by atoms with E-state index in [1.807, 2.05) is 6.92 Å². The Kier molecular flexibility index (Phi) is 4.80. The zero-order valence-corrected chi connectivity index (χ0v) is 12.1. The summed E-state index contributed by atoms with van der Waals surface area (Å²) in [5.41, 5.74) is 8.20. The molecule has 0 fully saturated rings. The van der Waals surface area contributed by atoms with E-state index in [2.05, 4.69) is 5.32 Å². The molecule has 6 heteroatoms. The number of anilines is 2. The van der Waals surface area contributed by atoms with Gasteiger partial charge in [-0.1, -0.05) is 11.8 Å². The number of amides is 1. The maximum atomic E-state index is 12.2. The number of thioether (sulfide) groups is 1. The molecule has 0 aliphatic heterocycles. The van der Waals surface area contributed by atoms with Gasteiger partial charge in [-0.2, -0.15) is 8.78 Å². The van der Waals surface area contributed by atoms with Crippen LogP contribution in [0.2, 0.25) is 0 Å². The van der Waals surface area contributed by atoms with E-state index in [4.69, 9.17) is 5.73 Å². The number of hydrogen-bond acceptors (Lipinski definition) is 3. The highest BCUT2D eigenvalue weighted by Gasteiger charge is 2.08. The number of hydrogen-bond donors (Lipinski definition) is 2. The third-order valence-corrected chi connectivity index (χ3v) is 3.59. The maximum absolute atomic E-state index is 12.2. The van der Waals surface area contributed by atoms with Crippen molar-refractivity contribution in [3.8, 4) is 0 Å². The number of benzene rings is 2. The molecule has 0 spiro atoms. The average molecular weight is 308 g/mol. The summed E-state index contributed by atoms with van der Waals surface area (Å²) in [6.45, 7) is 1.82. The van der Waals surface area contributed by atoms with Crippen molar-refractivity contribution in [3.63, 3.8) is 0 Å². The van der Waals surface area contributed by atoms with Crippen LogP contribution in [0.15, 0.2) is 47.4 Å². The van der Waals surface area contributed by atoms with Crippen LogP contribution in [0.5, 0.6) is 0 Å². The highest BCUT2D eigenvalue weighted by molar-refractivity contribution is 7.99. The van der Waals surface area contributed by atoms with Crippen molar-refractivity contribution in [1.29, 1.82) is 0 Å². The van der Waals surface area contributed by atoms with Crippen LogP contribution >= 0.6 is 11.8 Å². The predicted molar refractivity (Wildman–Crippen MR) is 81.8 cm³/mol. The molecule has 0 radical (unpaired) electrons. The number of halogens is 2. The molecule has 110 valence electrons. The van der Waals surface area contributed by atoms with Crippen molar-refractivity contribution in [2.45, 2.75) is 17.6 Å². The summed E-state index contributed by atoms with van der Waals surface area (Å²) in [5.74, 6) is -2.73. The molecule has 0 saturated carbocycles. The highest BCUT2D eigenvalue weighted by atomic mass is 32.2. The van der Waals surface area contributed by atoms with Gasteiger partial charge in [-0.15, -0.1) is 0 Å². The lowest BCUT2D eigenvalue weighted by molar-refractivity contribution is 0.102. The number of carbonyl (C=O) groups is 1. The molecule has 0 aliphatic carbocycles. The fourth-order valence-electron chi connectivity index (χ4n) is 1.74.